The number of hydrogen-bond acceptors (Lipinski definition) is 5. The van der Waals surface area contributed by atoms with Crippen molar-refractivity contribution in [3.63, 3.8) is 0 Å². The van der Waals surface area contributed by atoms with Gasteiger partial charge in [0.2, 0.25) is 15.9 Å². The van der Waals surface area contributed by atoms with Crippen LogP contribution in [0.1, 0.15) is 20.3 Å². The molecule has 1 aliphatic heterocycles. The summed E-state index contributed by atoms with van der Waals surface area (Å²) in [4.78, 5) is 11.8. The van der Waals surface area contributed by atoms with E-state index in [0.717, 1.165) is 16.4 Å². The molecule has 1 heterocycles. The Hall–Kier alpha value is -1.46. The van der Waals surface area contributed by atoms with Gasteiger partial charge in [-0.15, -0.1) is 24.9 Å². The number of rotatable bonds is 6. The summed E-state index contributed by atoms with van der Waals surface area (Å²) < 4.78 is 68.3. The Morgan fingerprint density at radius 1 is 1.42 bits per heavy atom. The van der Waals surface area contributed by atoms with Crippen LogP contribution in [-0.4, -0.2) is 48.7 Å². The number of hydrogen-bond donors (Lipinski definition) is 1. The van der Waals surface area contributed by atoms with Gasteiger partial charge < -0.3 is 10.1 Å². The first-order chi connectivity index (χ1) is 12.1. The lowest BCUT2D eigenvalue weighted by Crippen LogP contribution is -2.49. The average Bonchev–Trinajstić information content (AvgIpc) is 3.04. The van der Waals surface area contributed by atoms with E-state index in [1.807, 2.05) is 6.92 Å². The van der Waals surface area contributed by atoms with Crippen molar-refractivity contribution in [2.24, 2.45) is 0 Å². The fourth-order valence-electron chi connectivity index (χ4n) is 2.31. The van der Waals surface area contributed by atoms with Gasteiger partial charge in [0.15, 0.2) is 0 Å². The molecule has 0 aromatic heterocycles. The highest BCUT2D eigenvalue weighted by atomic mass is 32.2. The molecule has 1 amide bonds. The second kappa shape index (κ2) is 8.05. The van der Waals surface area contributed by atoms with Gasteiger partial charge in [-0.2, -0.15) is 4.31 Å². The van der Waals surface area contributed by atoms with Crippen LogP contribution >= 0.6 is 11.8 Å². The van der Waals surface area contributed by atoms with E-state index < -0.39 is 39.0 Å². The van der Waals surface area contributed by atoms with Crippen molar-refractivity contribution in [2.45, 2.75) is 43.6 Å². The predicted octanol–water partition coefficient (Wildman–Crippen LogP) is 2.56. The predicted molar refractivity (Wildman–Crippen MR) is 91.2 cm³/mol. The van der Waals surface area contributed by atoms with E-state index in [1.165, 1.54) is 23.9 Å². The molecule has 0 saturated carbocycles. The highest BCUT2D eigenvalue weighted by molar-refractivity contribution is 8.00. The summed E-state index contributed by atoms with van der Waals surface area (Å²) in [6.45, 7) is 3.65. The van der Waals surface area contributed by atoms with Crippen molar-refractivity contribution in [1.82, 2.24) is 9.62 Å². The number of carbonyl (C=O) groups excluding carboxylic acids is 1. The van der Waals surface area contributed by atoms with Crippen LogP contribution in [0.5, 0.6) is 5.75 Å². The molecule has 2 rings (SSSR count). The number of nitrogens with zero attached hydrogens (tertiary/aromatic N) is 1. The van der Waals surface area contributed by atoms with Crippen molar-refractivity contribution in [3.8, 4) is 5.75 Å². The second-order valence-electron chi connectivity index (χ2n) is 5.72. The van der Waals surface area contributed by atoms with Gasteiger partial charge in [0.1, 0.15) is 16.7 Å². The first-order valence-electron chi connectivity index (χ1n) is 7.81. The summed E-state index contributed by atoms with van der Waals surface area (Å²) in [5.74, 6) is -1.09. The Morgan fingerprint density at radius 2 is 2.08 bits per heavy atom. The highest BCUT2D eigenvalue weighted by Gasteiger charge is 2.42. The Bertz CT molecular complexity index is 756. The molecule has 0 bridgehead atoms. The molecule has 1 N–H and O–H groups in total. The monoisotopic (exact) mass is 412 g/mol. The molecule has 1 aromatic carbocycles. The normalized spacial score (nSPS) is 20.0. The molecule has 0 radical (unpaired) electrons. The molecule has 0 spiro atoms. The quantitative estimate of drug-likeness (QED) is 0.777. The molecular formula is C15H19F3N2O4S2. The van der Waals surface area contributed by atoms with Crippen molar-refractivity contribution in [2.75, 3.05) is 11.6 Å². The van der Waals surface area contributed by atoms with Gasteiger partial charge in [0, 0.05) is 11.8 Å². The molecule has 2 unspecified atom stereocenters. The first-order valence-corrected chi connectivity index (χ1v) is 10.4. The smallest absolute Gasteiger partial charge is 0.404 e. The Labute approximate surface area is 154 Å². The van der Waals surface area contributed by atoms with E-state index in [-0.39, 0.29) is 17.7 Å². The van der Waals surface area contributed by atoms with Crippen LogP contribution in [0.2, 0.25) is 0 Å². The first kappa shape index (κ1) is 20.8. The highest BCUT2D eigenvalue weighted by Crippen LogP contribution is 2.35. The molecule has 1 aliphatic rings. The Kier molecular flexibility index (Phi) is 6.46. The fraction of sp³-hybridized carbons (Fsp3) is 0.533. The van der Waals surface area contributed by atoms with E-state index in [9.17, 15) is 26.4 Å². The molecule has 2 atom stereocenters. The summed E-state index contributed by atoms with van der Waals surface area (Å²) in [7, 11) is -4.35. The van der Waals surface area contributed by atoms with Crippen LogP contribution in [0, 0.1) is 0 Å². The number of halogens is 3. The zero-order chi connectivity index (χ0) is 19.5. The van der Waals surface area contributed by atoms with Gasteiger partial charge in [-0.25, -0.2) is 8.42 Å². The summed E-state index contributed by atoms with van der Waals surface area (Å²) in [5.41, 5.74) is 0. The van der Waals surface area contributed by atoms with Gasteiger partial charge >= 0.3 is 6.36 Å². The van der Waals surface area contributed by atoms with Crippen LogP contribution < -0.4 is 10.1 Å². The van der Waals surface area contributed by atoms with E-state index in [2.05, 4.69) is 10.1 Å². The number of nitrogens with one attached hydrogen (secondary N) is 1. The number of para-hydroxylation sites is 1. The van der Waals surface area contributed by atoms with E-state index >= 15 is 0 Å². The maximum Gasteiger partial charge on any atom is 0.573 e. The lowest BCUT2D eigenvalue weighted by Gasteiger charge is -2.25. The zero-order valence-corrected chi connectivity index (χ0v) is 15.7. The van der Waals surface area contributed by atoms with Crippen molar-refractivity contribution < 1.29 is 31.1 Å². The third kappa shape index (κ3) is 4.83. The third-order valence-corrected chi connectivity index (χ3v) is 6.88. The third-order valence-electron chi connectivity index (χ3n) is 3.81. The van der Waals surface area contributed by atoms with Crippen LogP contribution in [0.3, 0.4) is 0 Å². The molecule has 26 heavy (non-hydrogen) atoms. The van der Waals surface area contributed by atoms with E-state index in [1.54, 1.807) is 6.92 Å². The fourth-order valence-corrected chi connectivity index (χ4v) is 5.58. The second-order valence-corrected chi connectivity index (χ2v) is 8.58. The van der Waals surface area contributed by atoms with Gasteiger partial charge in [-0.3, -0.25) is 4.79 Å². The van der Waals surface area contributed by atoms with E-state index in [4.69, 9.17) is 0 Å². The van der Waals surface area contributed by atoms with Gasteiger partial charge in [0.25, 0.3) is 0 Å². The minimum atomic E-state index is -5.03. The SMILES string of the molecule is CCC(C)NC(=O)C1CSCN1S(=O)(=O)c1ccccc1OC(F)(F)F. The number of benzene rings is 1. The van der Waals surface area contributed by atoms with Crippen LogP contribution in [-0.2, 0) is 14.8 Å². The van der Waals surface area contributed by atoms with Crippen LogP contribution in [0.15, 0.2) is 29.2 Å². The lowest BCUT2D eigenvalue weighted by atomic mass is 10.2. The zero-order valence-electron chi connectivity index (χ0n) is 14.1. The van der Waals surface area contributed by atoms with E-state index in [0.29, 0.717) is 6.42 Å². The molecule has 146 valence electrons. The number of amides is 1. The number of alkyl halides is 3. The summed E-state index contributed by atoms with van der Waals surface area (Å²) in [5, 5.41) is 2.71. The maximum absolute atomic E-state index is 12.9. The molecule has 0 aliphatic carbocycles. The Balaban J connectivity index is 2.33. The number of thioether (sulfide) groups is 1. The van der Waals surface area contributed by atoms with Gasteiger partial charge in [-0.05, 0) is 25.5 Å². The number of sulfonamides is 1. The summed E-state index contributed by atoms with van der Waals surface area (Å²) >= 11 is 1.22. The maximum atomic E-state index is 12.9. The minimum absolute atomic E-state index is 0.0265. The van der Waals surface area contributed by atoms with Crippen molar-refractivity contribution >= 4 is 27.7 Å². The standard InChI is InChI=1S/C15H19F3N2O4S2/c1-3-10(2)19-14(21)11-8-25-9-20(11)26(22,23)13-7-5-4-6-12(13)24-15(16,17)18/h4-7,10-11H,3,8-9H2,1-2H3,(H,19,21). The van der Waals surface area contributed by atoms with Crippen molar-refractivity contribution in [3.05, 3.63) is 24.3 Å². The molecule has 11 heteroatoms. The molecular weight excluding hydrogens is 393 g/mol. The molecule has 1 saturated heterocycles. The average molecular weight is 412 g/mol. The topological polar surface area (TPSA) is 75.7 Å². The summed E-state index contributed by atoms with van der Waals surface area (Å²) in [6, 6.07) is 3.37. The largest absolute Gasteiger partial charge is 0.573 e. The molecule has 1 fully saturated rings. The lowest BCUT2D eigenvalue weighted by molar-refractivity contribution is -0.275. The number of ether oxygens (including phenoxy) is 1. The van der Waals surface area contributed by atoms with Crippen LogP contribution in [0.25, 0.3) is 0 Å². The molecule has 1 aromatic rings. The van der Waals surface area contributed by atoms with Gasteiger partial charge in [0.05, 0.1) is 5.88 Å². The van der Waals surface area contributed by atoms with Crippen molar-refractivity contribution in [1.29, 1.82) is 0 Å². The van der Waals surface area contributed by atoms with Gasteiger partial charge in [-0.1, -0.05) is 19.1 Å². The number of carbonyl (C=O) groups is 1. The Morgan fingerprint density at radius 3 is 2.69 bits per heavy atom. The molecule has 6 nitrogen and oxygen atoms in total. The van der Waals surface area contributed by atoms with Crippen LogP contribution in [0.4, 0.5) is 13.2 Å². The summed E-state index contributed by atoms with van der Waals surface area (Å²) in [6.07, 6.45) is -4.36. The minimum Gasteiger partial charge on any atom is -0.404 e.